The van der Waals surface area contributed by atoms with Crippen molar-refractivity contribution in [3.05, 3.63) is 47.3 Å². The molecule has 0 amide bonds. The number of allylic oxidation sites excluding steroid dienone is 1. The van der Waals surface area contributed by atoms with Gasteiger partial charge in [0.1, 0.15) is 11.7 Å². The molecule has 0 heterocycles. The predicted octanol–water partition coefficient (Wildman–Crippen LogP) is 2.41. The van der Waals surface area contributed by atoms with E-state index in [1.165, 1.54) is 13.2 Å². The van der Waals surface area contributed by atoms with Gasteiger partial charge in [0, 0.05) is 5.56 Å². The lowest BCUT2D eigenvalue weighted by molar-refractivity contribution is -0.141. The number of benzene rings is 1. The number of halogens is 1. The number of carbonyl (C=O) groups is 1. The highest BCUT2D eigenvalue weighted by atomic mass is 19.1. The minimum Gasteiger partial charge on any atom is -0.468 e. The summed E-state index contributed by atoms with van der Waals surface area (Å²) in [5, 5.41) is 0. The third kappa shape index (κ3) is 1.91. The highest BCUT2D eigenvalue weighted by Crippen LogP contribution is 2.37. The normalized spacial score (nSPS) is 15.5. The lowest BCUT2D eigenvalue weighted by Gasteiger charge is -2.12. The molecule has 0 saturated heterocycles. The Labute approximate surface area is 87.4 Å². The molecule has 1 aromatic carbocycles. The molecule has 78 valence electrons. The zero-order valence-electron chi connectivity index (χ0n) is 8.37. The van der Waals surface area contributed by atoms with Crippen molar-refractivity contribution in [3.8, 4) is 0 Å². The Morgan fingerprint density at radius 2 is 2.13 bits per heavy atom. The van der Waals surface area contributed by atoms with Crippen LogP contribution in [0.5, 0.6) is 0 Å². The van der Waals surface area contributed by atoms with Crippen LogP contribution >= 0.6 is 0 Å². The van der Waals surface area contributed by atoms with Crippen molar-refractivity contribution in [3.63, 3.8) is 0 Å². The van der Waals surface area contributed by atoms with Crippen LogP contribution in [0.25, 0.3) is 0 Å². The minimum absolute atomic E-state index is 0.360. The first-order chi connectivity index (χ1) is 7.24. The van der Waals surface area contributed by atoms with Gasteiger partial charge in [-0.3, -0.25) is 4.79 Å². The molecule has 0 fully saturated rings. The van der Waals surface area contributed by atoms with Gasteiger partial charge in [-0.15, -0.1) is 0 Å². The Morgan fingerprint density at radius 1 is 1.47 bits per heavy atom. The first kappa shape index (κ1) is 9.90. The third-order valence-electron chi connectivity index (χ3n) is 2.46. The number of carbonyl (C=O) groups excluding carboxylic acids is 1. The quantitative estimate of drug-likeness (QED) is 0.560. The summed E-state index contributed by atoms with van der Waals surface area (Å²) in [5.41, 5.74) is 1.33. The van der Waals surface area contributed by atoms with E-state index in [2.05, 4.69) is 4.74 Å². The molecule has 2 nitrogen and oxygen atoms in total. The van der Waals surface area contributed by atoms with Crippen LogP contribution in [0.4, 0.5) is 4.39 Å². The number of esters is 1. The molecular weight excluding hydrogens is 195 g/mol. The third-order valence-corrected chi connectivity index (χ3v) is 2.46. The maximum absolute atomic E-state index is 13.5. The minimum atomic E-state index is -0.559. The van der Waals surface area contributed by atoms with Gasteiger partial charge in [-0.1, -0.05) is 29.8 Å². The van der Waals surface area contributed by atoms with Crippen LogP contribution < -0.4 is 0 Å². The number of ether oxygens (including phenoxy) is 1. The van der Waals surface area contributed by atoms with Crippen molar-refractivity contribution in [1.82, 2.24) is 0 Å². The van der Waals surface area contributed by atoms with E-state index >= 15 is 0 Å². The number of hydrogen-bond acceptors (Lipinski definition) is 2. The van der Waals surface area contributed by atoms with Crippen LogP contribution in [-0.4, -0.2) is 13.1 Å². The maximum Gasteiger partial charge on any atom is 0.317 e. The van der Waals surface area contributed by atoms with E-state index in [0.717, 1.165) is 12.0 Å². The lowest BCUT2D eigenvalue weighted by Crippen LogP contribution is -2.14. The summed E-state index contributed by atoms with van der Waals surface area (Å²) in [6, 6.07) is 6.30. The summed E-state index contributed by atoms with van der Waals surface area (Å²) in [7, 11) is 1.32. The molecule has 1 aliphatic carbocycles. The van der Waals surface area contributed by atoms with Crippen molar-refractivity contribution in [2.24, 2.45) is 0 Å². The van der Waals surface area contributed by atoms with E-state index < -0.39 is 11.9 Å². The van der Waals surface area contributed by atoms with Gasteiger partial charge >= 0.3 is 5.97 Å². The Hall–Kier alpha value is -1.64. The lowest BCUT2D eigenvalue weighted by atomic mass is 9.96. The monoisotopic (exact) mass is 206 g/mol. The predicted molar refractivity (Wildman–Crippen MR) is 53.9 cm³/mol. The Bertz CT molecular complexity index is 423. The average Bonchev–Trinajstić information content (AvgIpc) is 3.05. The Morgan fingerprint density at radius 3 is 2.67 bits per heavy atom. The molecule has 0 aliphatic heterocycles. The molecule has 1 aromatic rings. The summed E-state index contributed by atoms with van der Waals surface area (Å²) in [6.45, 7) is 0. The van der Waals surface area contributed by atoms with Crippen molar-refractivity contribution in [1.29, 1.82) is 0 Å². The zero-order chi connectivity index (χ0) is 10.8. The van der Waals surface area contributed by atoms with Gasteiger partial charge in [0.05, 0.1) is 7.11 Å². The molecule has 0 spiro atoms. The van der Waals surface area contributed by atoms with Gasteiger partial charge in [-0.25, -0.2) is 4.39 Å². The van der Waals surface area contributed by atoms with E-state index in [4.69, 9.17) is 0 Å². The van der Waals surface area contributed by atoms with Crippen LogP contribution in [0.3, 0.4) is 0 Å². The molecule has 0 aromatic heterocycles. The molecule has 3 heteroatoms. The van der Waals surface area contributed by atoms with Crippen LogP contribution in [0.2, 0.25) is 0 Å². The van der Waals surface area contributed by atoms with Crippen molar-refractivity contribution >= 4 is 5.97 Å². The van der Waals surface area contributed by atoms with E-state index in [9.17, 15) is 9.18 Å². The largest absolute Gasteiger partial charge is 0.468 e. The summed E-state index contributed by atoms with van der Waals surface area (Å²) in [4.78, 5) is 11.5. The second-order valence-electron chi connectivity index (χ2n) is 3.46. The molecule has 0 bridgehead atoms. The van der Waals surface area contributed by atoms with Gasteiger partial charge in [0.2, 0.25) is 0 Å². The molecule has 2 rings (SSSR count). The van der Waals surface area contributed by atoms with Crippen LogP contribution in [0.1, 0.15) is 17.9 Å². The van der Waals surface area contributed by atoms with Crippen molar-refractivity contribution in [2.75, 3.05) is 7.11 Å². The molecular formula is C12H11FO2. The summed E-state index contributed by atoms with van der Waals surface area (Å²) in [5.74, 6) is -1.32. The standard InChI is InChI=1S/C12H11FO2/c1-15-12(14)11(8-6-7-8)9-4-2-3-5-10(9)13/h2-6,11H,7H2,1H3. The smallest absolute Gasteiger partial charge is 0.317 e. The van der Waals surface area contributed by atoms with Gasteiger partial charge in [0.15, 0.2) is 0 Å². The summed E-state index contributed by atoms with van der Waals surface area (Å²) < 4.78 is 18.2. The summed E-state index contributed by atoms with van der Waals surface area (Å²) in [6.07, 6.45) is 2.68. The second kappa shape index (κ2) is 3.85. The van der Waals surface area contributed by atoms with E-state index in [0.29, 0.717) is 5.56 Å². The van der Waals surface area contributed by atoms with Gasteiger partial charge in [-0.05, 0) is 12.5 Å². The molecule has 1 atom stereocenters. The highest BCUT2D eigenvalue weighted by molar-refractivity contribution is 5.83. The highest BCUT2D eigenvalue weighted by Gasteiger charge is 2.31. The first-order valence-corrected chi connectivity index (χ1v) is 4.75. The fourth-order valence-electron chi connectivity index (χ4n) is 1.60. The number of hydrogen-bond donors (Lipinski definition) is 0. The zero-order valence-corrected chi connectivity index (χ0v) is 8.37. The number of methoxy groups -OCH3 is 1. The summed E-state index contributed by atoms with van der Waals surface area (Å²) >= 11 is 0. The van der Waals surface area contributed by atoms with E-state index in [-0.39, 0.29) is 5.82 Å². The molecule has 15 heavy (non-hydrogen) atoms. The Balaban J connectivity index is 2.37. The van der Waals surface area contributed by atoms with Crippen LogP contribution in [0, 0.1) is 5.82 Å². The van der Waals surface area contributed by atoms with Gasteiger partial charge in [0.25, 0.3) is 0 Å². The SMILES string of the molecule is COC(=O)C(C1=CC1)c1ccccc1F. The van der Waals surface area contributed by atoms with Crippen LogP contribution in [0.15, 0.2) is 35.9 Å². The maximum atomic E-state index is 13.5. The fraction of sp³-hybridized carbons (Fsp3) is 0.250. The van der Waals surface area contributed by atoms with Gasteiger partial charge in [-0.2, -0.15) is 0 Å². The van der Waals surface area contributed by atoms with Gasteiger partial charge < -0.3 is 4.74 Å². The molecule has 1 aliphatic rings. The topological polar surface area (TPSA) is 26.3 Å². The van der Waals surface area contributed by atoms with Crippen molar-refractivity contribution < 1.29 is 13.9 Å². The molecule has 0 saturated carbocycles. The average molecular weight is 206 g/mol. The molecule has 0 N–H and O–H groups in total. The fourth-order valence-corrected chi connectivity index (χ4v) is 1.60. The van der Waals surface area contributed by atoms with E-state index in [1.54, 1.807) is 18.2 Å². The molecule has 1 unspecified atom stereocenters. The second-order valence-corrected chi connectivity index (χ2v) is 3.46. The van der Waals surface area contributed by atoms with Crippen molar-refractivity contribution in [2.45, 2.75) is 12.3 Å². The molecule has 0 radical (unpaired) electrons. The number of rotatable bonds is 3. The first-order valence-electron chi connectivity index (χ1n) is 4.75. The van der Waals surface area contributed by atoms with E-state index in [1.807, 2.05) is 6.08 Å². The Kier molecular flexibility index (Phi) is 2.54. The van der Waals surface area contributed by atoms with Crippen LogP contribution in [-0.2, 0) is 9.53 Å².